The van der Waals surface area contributed by atoms with Gasteiger partial charge in [-0.3, -0.25) is 24.1 Å². The zero-order chi connectivity index (χ0) is 30.7. The van der Waals surface area contributed by atoms with Crippen LogP contribution in [-0.4, -0.2) is 40.2 Å². The maximum Gasteiger partial charge on any atom is 0.241 e. The van der Waals surface area contributed by atoms with Gasteiger partial charge in [-0.1, -0.05) is 66.2 Å². The quantitative estimate of drug-likeness (QED) is 0.312. The third-order valence-electron chi connectivity index (χ3n) is 10.3. The number of ether oxygens (including phenoxy) is 1. The minimum absolute atomic E-state index is 0.0494. The van der Waals surface area contributed by atoms with Crippen LogP contribution in [0.4, 0.5) is 5.69 Å². The summed E-state index contributed by atoms with van der Waals surface area (Å²) in [5.74, 6) is -3.54. The van der Waals surface area contributed by atoms with E-state index in [1.54, 1.807) is 49.4 Å². The Labute approximate surface area is 255 Å². The number of nitrogens with zero attached hydrogens (tertiary/aromatic N) is 2. The first-order valence-corrected chi connectivity index (χ1v) is 15.2. The summed E-state index contributed by atoms with van der Waals surface area (Å²) in [5.41, 5.74) is 1.59. The third-order valence-corrected chi connectivity index (χ3v) is 10.3. The number of anilines is 1. The number of hydrogen-bond acceptors (Lipinski definition) is 6. The Morgan fingerprint density at radius 2 is 1.59 bits per heavy atom. The molecule has 2 saturated heterocycles. The number of carbonyl (C=O) groups excluding carboxylic acids is 4. The van der Waals surface area contributed by atoms with Crippen molar-refractivity contribution in [3.05, 3.63) is 102 Å². The fourth-order valence-corrected chi connectivity index (χ4v) is 8.16. The zero-order valence-electron chi connectivity index (χ0n) is 24.7. The molecule has 2 heterocycles. The molecule has 3 aromatic rings. The van der Waals surface area contributed by atoms with Gasteiger partial charge in [-0.05, 0) is 56.4 Å². The van der Waals surface area contributed by atoms with Crippen molar-refractivity contribution >= 4 is 29.3 Å². The van der Waals surface area contributed by atoms with Gasteiger partial charge in [-0.15, -0.1) is 0 Å². The molecule has 2 aliphatic carbocycles. The molecule has 2 aliphatic heterocycles. The maximum atomic E-state index is 14.5. The van der Waals surface area contributed by atoms with Crippen LogP contribution in [0.1, 0.15) is 43.7 Å². The van der Waals surface area contributed by atoms with Crippen molar-refractivity contribution in [2.45, 2.75) is 39.2 Å². The largest absolute Gasteiger partial charge is 0.508 e. The van der Waals surface area contributed by atoms with Crippen molar-refractivity contribution in [3.8, 4) is 11.5 Å². The second-order valence-corrected chi connectivity index (χ2v) is 12.4. The van der Waals surface area contributed by atoms with Crippen molar-refractivity contribution in [3.63, 3.8) is 0 Å². The van der Waals surface area contributed by atoms with Crippen LogP contribution in [-0.2, 0) is 25.8 Å². The van der Waals surface area contributed by atoms with Crippen LogP contribution in [0.3, 0.4) is 0 Å². The molecular weight excluding hydrogens is 556 g/mol. The summed E-state index contributed by atoms with van der Waals surface area (Å²) in [4.78, 5) is 58.0. The fraction of sp³-hybridized carbons (Fsp3) is 0.333. The van der Waals surface area contributed by atoms with E-state index in [4.69, 9.17) is 4.74 Å². The minimum Gasteiger partial charge on any atom is -0.508 e. The lowest BCUT2D eigenvalue weighted by atomic mass is 9.51. The van der Waals surface area contributed by atoms with E-state index in [1.165, 1.54) is 9.80 Å². The van der Waals surface area contributed by atoms with E-state index in [9.17, 15) is 24.3 Å². The van der Waals surface area contributed by atoms with Crippen molar-refractivity contribution in [1.82, 2.24) is 4.90 Å². The number of benzene rings is 3. The molecule has 1 saturated carbocycles. The number of imide groups is 2. The van der Waals surface area contributed by atoms with Gasteiger partial charge in [0.2, 0.25) is 23.6 Å². The summed E-state index contributed by atoms with van der Waals surface area (Å²) in [6.07, 6.45) is 2.65. The number of fused-ring (bicyclic) bond motifs is 4. The minimum atomic E-state index is -1.22. The monoisotopic (exact) mass is 590 g/mol. The lowest BCUT2D eigenvalue weighted by molar-refractivity contribution is -0.140. The van der Waals surface area contributed by atoms with Crippen LogP contribution < -0.4 is 9.64 Å². The van der Waals surface area contributed by atoms with E-state index in [-0.39, 0.29) is 35.8 Å². The predicted molar refractivity (Wildman–Crippen MR) is 162 cm³/mol. The number of allylic oxidation sites excluding steroid dienone is 2. The normalized spacial score (nSPS) is 29.3. The summed E-state index contributed by atoms with van der Waals surface area (Å²) in [6, 6.07) is 23.7. The van der Waals surface area contributed by atoms with Crippen molar-refractivity contribution < 1.29 is 29.0 Å². The molecule has 8 heteroatoms. The molecule has 3 fully saturated rings. The van der Waals surface area contributed by atoms with Gasteiger partial charge in [0.25, 0.3) is 0 Å². The average Bonchev–Trinajstić information content (AvgIpc) is 3.40. The number of amides is 4. The number of phenolic OH excluding ortho intramolecular Hbond substituents is 1. The Morgan fingerprint density at radius 1 is 0.886 bits per heavy atom. The zero-order valence-corrected chi connectivity index (χ0v) is 24.7. The number of likely N-dealkylation sites (tertiary alicyclic amines) is 1. The Kier molecular flexibility index (Phi) is 6.68. The van der Waals surface area contributed by atoms with Crippen LogP contribution in [0.5, 0.6) is 11.5 Å². The Morgan fingerprint density at radius 3 is 2.27 bits per heavy atom. The smallest absolute Gasteiger partial charge is 0.241 e. The van der Waals surface area contributed by atoms with Crippen molar-refractivity contribution in [1.29, 1.82) is 0 Å². The van der Waals surface area contributed by atoms with E-state index in [0.717, 1.165) is 11.1 Å². The van der Waals surface area contributed by atoms with Gasteiger partial charge in [0, 0.05) is 24.1 Å². The number of hydrogen-bond donors (Lipinski definition) is 1. The van der Waals surface area contributed by atoms with Crippen LogP contribution in [0.25, 0.3) is 0 Å². The molecule has 4 amide bonds. The van der Waals surface area contributed by atoms with Crippen LogP contribution in [0, 0.1) is 29.1 Å². The van der Waals surface area contributed by atoms with Gasteiger partial charge >= 0.3 is 0 Å². The predicted octanol–water partition coefficient (Wildman–Crippen LogP) is 5.22. The Hall–Kier alpha value is -4.72. The molecule has 224 valence electrons. The molecule has 4 aliphatic rings. The summed E-state index contributed by atoms with van der Waals surface area (Å²) in [7, 11) is 0. The van der Waals surface area contributed by atoms with Gasteiger partial charge in [0.15, 0.2) is 0 Å². The highest BCUT2D eigenvalue weighted by molar-refractivity contribution is 6.24. The summed E-state index contributed by atoms with van der Waals surface area (Å²) < 4.78 is 5.96. The molecule has 0 bridgehead atoms. The van der Waals surface area contributed by atoms with E-state index in [2.05, 4.69) is 0 Å². The standard InChI is InChI=1S/C36H34N2O6/c1-3-37-32(40)26-17-16-24-27(30(26)34(37)42)19-28-33(41)38(22-12-8-5-9-13-22)35(43)36(28,2)31(24)25-15-14-23(18-29(25)39)44-20-21-10-6-4-7-11-21/h4-16,18,26-28,30-31,39H,3,17,19-20H2,1-2H3. The number of rotatable bonds is 6. The lowest BCUT2D eigenvalue weighted by Crippen LogP contribution is -2.48. The van der Waals surface area contributed by atoms with Crippen molar-refractivity contribution in [2.24, 2.45) is 29.1 Å². The van der Waals surface area contributed by atoms with Gasteiger partial charge in [0.1, 0.15) is 18.1 Å². The molecule has 44 heavy (non-hydrogen) atoms. The van der Waals surface area contributed by atoms with E-state index < -0.39 is 35.0 Å². The highest BCUT2D eigenvalue weighted by Crippen LogP contribution is 2.64. The first-order chi connectivity index (χ1) is 21.3. The second-order valence-electron chi connectivity index (χ2n) is 12.4. The maximum absolute atomic E-state index is 14.5. The summed E-state index contributed by atoms with van der Waals surface area (Å²) in [6.45, 7) is 4.22. The van der Waals surface area contributed by atoms with Gasteiger partial charge in [-0.2, -0.15) is 0 Å². The second kappa shape index (κ2) is 10.5. The molecule has 7 rings (SSSR count). The molecule has 3 aromatic carbocycles. The summed E-state index contributed by atoms with van der Waals surface area (Å²) >= 11 is 0. The van der Waals surface area contributed by atoms with Gasteiger partial charge in [0.05, 0.1) is 28.9 Å². The first kappa shape index (κ1) is 28.1. The SMILES string of the molecule is CCN1C(=O)C2CC=C3C(CC4C(=O)N(c5ccccc5)C(=O)C4(C)C3c3ccc(OCc4ccccc4)cc3O)C2C1=O. The number of phenols is 1. The molecule has 0 spiro atoms. The van der Waals surface area contributed by atoms with E-state index in [0.29, 0.717) is 36.6 Å². The first-order valence-electron chi connectivity index (χ1n) is 15.2. The highest BCUT2D eigenvalue weighted by Gasteiger charge is 2.67. The lowest BCUT2D eigenvalue weighted by Gasteiger charge is -2.49. The number of carbonyl (C=O) groups is 4. The number of aromatic hydroxyl groups is 1. The molecular formula is C36H34N2O6. The molecule has 0 aromatic heterocycles. The van der Waals surface area contributed by atoms with Crippen LogP contribution >= 0.6 is 0 Å². The van der Waals surface area contributed by atoms with Gasteiger partial charge < -0.3 is 9.84 Å². The Bertz CT molecular complexity index is 1700. The van der Waals surface area contributed by atoms with Crippen molar-refractivity contribution in [2.75, 3.05) is 11.4 Å². The molecule has 8 nitrogen and oxygen atoms in total. The molecule has 0 radical (unpaired) electrons. The van der Waals surface area contributed by atoms with E-state index in [1.807, 2.05) is 49.4 Å². The number of para-hydroxylation sites is 1. The molecule has 6 atom stereocenters. The third kappa shape index (κ3) is 4.03. The van der Waals surface area contributed by atoms with E-state index >= 15 is 0 Å². The van der Waals surface area contributed by atoms with Crippen LogP contribution in [0.15, 0.2) is 90.5 Å². The highest BCUT2D eigenvalue weighted by atomic mass is 16.5. The topological polar surface area (TPSA) is 104 Å². The Balaban J connectivity index is 1.32. The fourth-order valence-electron chi connectivity index (χ4n) is 8.16. The summed E-state index contributed by atoms with van der Waals surface area (Å²) in [5, 5.41) is 11.5. The average molecular weight is 591 g/mol. The van der Waals surface area contributed by atoms with Gasteiger partial charge in [-0.25, -0.2) is 4.90 Å². The molecule has 1 N–H and O–H groups in total. The van der Waals surface area contributed by atoms with Crippen LogP contribution in [0.2, 0.25) is 0 Å². The molecule has 6 unspecified atom stereocenters.